The molecule has 0 bridgehead atoms. The van der Waals surface area contributed by atoms with Gasteiger partial charge in [0.2, 0.25) is 5.52 Å². The number of benzene rings is 1. The number of aryl methyl sites for hydroxylation is 3. The Morgan fingerprint density at radius 2 is 1.42 bits per heavy atom. The molecular formula is C19H32O5PSi. The van der Waals surface area contributed by atoms with Gasteiger partial charge in [0.05, 0.1) is 0 Å². The van der Waals surface area contributed by atoms with Crippen LogP contribution in [0.3, 0.4) is 0 Å². The number of carbonyl (C=O) groups excluding carboxylic acids is 1. The van der Waals surface area contributed by atoms with Gasteiger partial charge in [0.15, 0.2) is 0 Å². The van der Waals surface area contributed by atoms with E-state index in [1.807, 2.05) is 53.7 Å². The molecule has 7 heteroatoms. The lowest BCUT2D eigenvalue weighted by atomic mass is 10.0. The Balaban J connectivity index is 2.77. The summed E-state index contributed by atoms with van der Waals surface area (Å²) in [5.41, 5.74) is 3.22. The largest absolute Gasteiger partial charge is 0.500 e. The average molecular weight is 400 g/mol. The van der Waals surface area contributed by atoms with Crippen LogP contribution in [0.25, 0.3) is 0 Å². The van der Waals surface area contributed by atoms with Crippen molar-refractivity contribution in [3.63, 3.8) is 0 Å². The third kappa shape index (κ3) is 6.36. The van der Waals surface area contributed by atoms with Gasteiger partial charge in [-0.25, -0.2) is 0 Å². The summed E-state index contributed by atoms with van der Waals surface area (Å²) in [5, 5.41) is 0. The fourth-order valence-electron chi connectivity index (χ4n) is 3.18. The number of hydrogen-bond donors (Lipinski definition) is 0. The molecule has 0 aliphatic heterocycles. The van der Waals surface area contributed by atoms with E-state index in [1.54, 1.807) is 0 Å². The van der Waals surface area contributed by atoms with Gasteiger partial charge in [-0.15, -0.1) is 0 Å². The minimum Gasteiger partial charge on any atom is -0.374 e. The molecule has 147 valence electrons. The average Bonchev–Trinajstić information content (AvgIpc) is 2.54. The van der Waals surface area contributed by atoms with E-state index in [4.69, 9.17) is 13.3 Å². The monoisotopic (exact) mass is 399 g/mol. The van der Waals surface area contributed by atoms with Crippen molar-refractivity contribution in [3.05, 3.63) is 34.4 Å². The molecule has 1 rings (SSSR count). The maximum Gasteiger partial charge on any atom is 0.500 e. The van der Waals surface area contributed by atoms with Gasteiger partial charge in [-0.05, 0) is 59.1 Å². The first-order valence-corrected chi connectivity index (χ1v) is 12.7. The Morgan fingerprint density at radius 3 is 1.85 bits per heavy atom. The first-order chi connectivity index (χ1) is 12.3. The Kier molecular flexibility index (Phi) is 9.83. The van der Waals surface area contributed by atoms with Crippen molar-refractivity contribution < 1.29 is 22.6 Å². The zero-order chi connectivity index (χ0) is 19.7. The molecule has 1 unspecified atom stereocenters. The van der Waals surface area contributed by atoms with Gasteiger partial charge in [-0.2, -0.15) is 0 Å². The first-order valence-electron chi connectivity index (χ1n) is 9.28. The second kappa shape index (κ2) is 11.0. The highest BCUT2D eigenvalue weighted by Gasteiger charge is 2.40. The molecule has 1 aromatic carbocycles. The van der Waals surface area contributed by atoms with Gasteiger partial charge in [0.1, 0.15) is 7.80 Å². The number of rotatable bonds is 12. The highest BCUT2D eigenvalue weighted by atomic mass is 31.1. The lowest BCUT2D eigenvalue weighted by molar-refractivity contribution is 0.0712. The maximum absolute atomic E-state index is 12.7. The molecule has 0 spiro atoms. The Hall–Kier alpha value is -0.913. The van der Waals surface area contributed by atoms with Crippen LogP contribution in [0, 0.1) is 20.8 Å². The Morgan fingerprint density at radius 1 is 0.962 bits per heavy atom. The second-order valence-corrected chi connectivity index (χ2v) is 10.6. The van der Waals surface area contributed by atoms with Crippen LogP contribution in [0.2, 0.25) is 6.04 Å². The molecule has 0 heterocycles. The normalized spacial score (nSPS) is 12.3. The third-order valence-corrected chi connectivity index (χ3v) is 8.60. The van der Waals surface area contributed by atoms with E-state index in [-0.39, 0.29) is 5.52 Å². The van der Waals surface area contributed by atoms with Crippen LogP contribution in [0.5, 0.6) is 0 Å². The first kappa shape index (κ1) is 23.1. The molecule has 1 radical (unpaired) electrons. The molecule has 1 aromatic rings. The molecule has 0 aromatic heterocycles. The van der Waals surface area contributed by atoms with Gasteiger partial charge in [0.25, 0.3) is 0 Å². The van der Waals surface area contributed by atoms with Gasteiger partial charge in [-0.3, -0.25) is 9.36 Å². The van der Waals surface area contributed by atoms with Crippen LogP contribution in [0.15, 0.2) is 12.1 Å². The third-order valence-electron chi connectivity index (χ3n) is 4.05. The van der Waals surface area contributed by atoms with Crippen molar-refractivity contribution in [3.8, 4) is 0 Å². The van der Waals surface area contributed by atoms with Crippen molar-refractivity contribution in [1.29, 1.82) is 0 Å². The van der Waals surface area contributed by atoms with Crippen LogP contribution >= 0.6 is 7.80 Å². The molecular weight excluding hydrogens is 367 g/mol. The minimum atomic E-state index is -2.75. The summed E-state index contributed by atoms with van der Waals surface area (Å²) in [7, 11) is -4.72. The van der Waals surface area contributed by atoms with Gasteiger partial charge < -0.3 is 13.3 Å². The van der Waals surface area contributed by atoms with E-state index in [9.17, 15) is 9.36 Å². The summed E-state index contributed by atoms with van der Waals surface area (Å²) in [6, 6.07) is 4.49. The molecule has 0 amide bonds. The predicted octanol–water partition coefficient (Wildman–Crippen LogP) is 5.02. The molecule has 0 aliphatic rings. The summed E-state index contributed by atoms with van der Waals surface area (Å²) >= 11 is 0. The predicted molar refractivity (Wildman–Crippen MR) is 108 cm³/mol. The van der Waals surface area contributed by atoms with Gasteiger partial charge >= 0.3 is 8.80 Å². The van der Waals surface area contributed by atoms with Crippen LogP contribution in [0.1, 0.15) is 54.2 Å². The summed E-state index contributed by atoms with van der Waals surface area (Å²) < 4.78 is 30.0. The zero-order valence-corrected chi connectivity index (χ0v) is 18.8. The molecule has 5 nitrogen and oxygen atoms in total. The van der Waals surface area contributed by atoms with Gasteiger partial charge in [0, 0.05) is 37.6 Å². The minimum absolute atomic E-state index is 0.258. The molecule has 0 saturated heterocycles. The number of hydrogen-bond acceptors (Lipinski definition) is 5. The van der Waals surface area contributed by atoms with E-state index in [1.165, 1.54) is 0 Å². The van der Waals surface area contributed by atoms with Crippen molar-refractivity contribution in [2.45, 2.75) is 54.0 Å². The lowest BCUT2D eigenvalue weighted by Gasteiger charge is -2.28. The summed E-state index contributed by atoms with van der Waals surface area (Å²) in [6.07, 6.45) is 0.903. The van der Waals surface area contributed by atoms with Crippen LogP contribution < -0.4 is 0 Å². The SMILES string of the molecule is CCO[Si](CCC[P](=O)C(=O)c1c(C)cc(C)cc1C)(OCC)OCC. The number of carbonyl (C=O) groups is 1. The molecule has 0 N–H and O–H groups in total. The van der Waals surface area contributed by atoms with E-state index in [0.717, 1.165) is 16.7 Å². The van der Waals surface area contributed by atoms with Crippen LogP contribution in [-0.2, 0) is 17.8 Å². The molecule has 1 atom stereocenters. The van der Waals surface area contributed by atoms with E-state index >= 15 is 0 Å². The van der Waals surface area contributed by atoms with E-state index in [2.05, 4.69) is 0 Å². The topological polar surface area (TPSA) is 61.8 Å². The zero-order valence-electron chi connectivity index (χ0n) is 16.9. The van der Waals surface area contributed by atoms with Gasteiger partial charge in [-0.1, -0.05) is 17.7 Å². The van der Waals surface area contributed by atoms with E-state index < -0.39 is 16.6 Å². The molecule has 26 heavy (non-hydrogen) atoms. The fourth-order valence-corrected chi connectivity index (χ4v) is 7.34. The summed E-state index contributed by atoms with van der Waals surface area (Å²) in [5.74, 6) is 0. The van der Waals surface area contributed by atoms with Crippen LogP contribution in [-0.4, -0.2) is 40.3 Å². The lowest BCUT2D eigenvalue weighted by Crippen LogP contribution is -2.46. The second-order valence-electron chi connectivity index (χ2n) is 6.27. The van der Waals surface area contributed by atoms with Crippen molar-refractivity contribution in [1.82, 2.24) is 0 Å². The molecule has 0 aliphatic carbocycles. The van der Waals surface area contributed by atoms with Crippen molar-refractivity contribution in [2.75, 3.05) is 26.0 Å². The smallest absolute Gasteiger partial charge is 0.374 e. The highest BCUT2D eigenvalue weighted by Crippen LogP contribution is 2.33. The standard InChI is InChI=1S/C19H32O5PSi/c1-7-22-26(23-8-2,24-9-3)12-10-11-25(21)19(20)18-16(5)13-15(4)14-17(18)6/h13-14H,7-12H2,1-6H3. The summed E-state index contributed by atoms with van der Waals surface area (Å²) in [6.45, 7) is 13.1. The molecule has 0 saturated carbocycles. The highest BCUT2D eigenvalue weighted by molar-refractivity contribution is 7.64. The Labute approximate surface area is 159 Å². The van der Waals surface area contributed by atoms with E-state index in [0.29, 0.717) is 44.0 Å². The maximum atomic E-state index is 12.7. The quantitative estimate of drug-likeness (QED) is 0.365. The fraction of sp³-hybridized carbons (Fsp3) is 0.632. The Bertz CT molecular complexity index is 592. The van der Waals surface area contributed by atoms with Crippen LogP contribution in [0.4, 0.5) is 0 Å². The van der Waals surface area contributed by atoms with Crippen molar-refractivity contribution in [2.24, 2.45) is 0 Å². The van der Waals surface area contributed by atoms with Crippen molar-refractivity contribution >= 4 is 22.1 Å². The molecule has 0 fully saturated rings. The summed E-state index contributed by atoms with van der Waals surface area (Å²) in [4.78, 5) is 12.7.